The van der Waals surface area contributed by atoms with Crippen molar-refractivity contribution in [1.82, 2.24) is 5.48 Å². The van der Waals surface area contributed by atoms with Crippen LogP contribution in [0.4, 0.5) is 0 Å². The average molecular weight is 221 g/mol. The summed E-state index contributed by atoms with van der Waals surface area (Å²) in [5, 5.41) is 9.89. The number of phenols is 1. The van der Waals surface area contributed by atoms with E-state index in [1.807, 2.05) is 0 Å². The fraction of sp³-hybridized carbons (Fsp3) is 0.538. The molecule has 0 atom stereocenters. The van der Waals surface area contributed by atoms with Crippen LogP contribution in [0, 0.1) is 0 Å². The van der Waals surface area contributed by atoms with Gasteiger partial charge in [0.15, 0.2) is 0 Å². The number of aromatic hydroxyl groups is 1. The van der Waals surface area contributed by atoms with Crippen LogP contribution >= 0.6 is 0 Å². The van der Waals surface area contributed by atoms with Crippen LogP contribution in [0.2, 0.25) is 0 Å². The van der Waals surface area contributed by atoms with Crippen LogP contribution in [-0.4, -0.2) is 12.2 Å². The molecule has 2 rings (SSSR count). The Morgan fingerprint density at radius 3 is 2.88 bits per heavy atom. The number of fused-ring (bicyclic) bond motifs is 1. The maximum absolute atomic E-state index is 9.89. The molecule has 1 aliphatic carbocycles. The minimum atomic E-state index is 0.380. The van der Waals surface area contributed by atoms with Gasteiger partial charge in [0.25, 0.3) is 0 Å². The summed E-state index contributed by atoms with van der Waals surface area (Å²) in [4.78, 5) is 4.86. The number of phenolic OH excluding ortho intramolecular Hbond substituents is 1. The summed E-state index contributed by atoms with van der Waals surface area (Å²) in [6, 6.07) is 3.86. The van der Waals surface area contributed by atoms with Crippen molar-refractivity contribution in [3.05, 3.63) is 28.8 Å². The number of rotatable bonds is 3. The van der Waals surface area contributed by atoms with Gasteiger partial charge in [-0.05, 0) is 42.9 Å². The molecule has 0 heterocycles. The largest absolute Gasteiger partial charge is 0.508 e. The SMILES string of the molecule is CONCc1c(O)ccc2c1CCCCC2. The van der Waals surface area contributed by atoms with E-state index >= 15 is 0 Å². The van der Waals surface area contributed by atoms with Crippen molar-refractivity contribution in [1.29, 1.82) is 0 Å². The zero-order valence-corrected chi connectivity index (χ0v) is 9.75. The van der Waals surface area contributed by atoms with E-state index in [2.05, 4.69) is 11.5 Å². The molecule has 3 heteroatoms. The predicted octanol–water partition coefficient (Wildman–Crippen LogP) is 2.31. The number of hydrogen-bond donors (Lipinski definition) is 2. The lowest BCUT2D eigenvalue weighted by molar-refractivity contribution is 0.0859. The van der Waals surface area contributed by atoms with Crippen LogP contribution in [0.25, 0.3) is 0 Å². The van der Waals surface area contributed by atoms with Crippen molar-refractivity contribution in [2.24, 2.45) is 0 Å². The van der Waals surface area contributed by atoms with Gasteiger partial charge in [0.2, 0.25) is 0 Å². The lowest BCUT2D eigenvalue weighted by atomic mass is 9.96. The normalized spacial score (nSPS) is 15.6. The Hall–Kier alpha value is -1.06. The van der Waals surface area contributed by atoms with Crippen LogP contribution in [0.15, 0.2) is 12.1 Å². The van der Waals surface area contributed by atoms with Gasteiger partial charge in [-0.15, -0.1) is 0 Å². The fourth-order valence-electron chi connectivity index (χ4n) is 2.41. The molecule has 1 aliphatic rings. The predicted molar refractivity (Wildman–Crippen MR) is 63.2 cm³/mol. The summed E-state index contributed by atoms with van der Waals surface area (Å²) in [6.07, 6.45) is 5.97. The van der Waals surface area contributed by atoms with E-state index in [0.29, 0.717) is 12.3 Å². The van der Waals surface area contributed by atoms with Gasteiger partial charge in [-0.2, -0.15) is 5.48 Å². The first-order chi connectivity index (χ1) is 7.83. The highest BCUT2D eigenvalue weighted by atomic mass is 16.6. The monoisotopic (exact) mass is 221 g/mol. The van der Waals surface area contributed by atoms with E-state index in [4.69, 9.17) is 4.84 Å². The quantitative estimate of drug-likeness (QED) is 0.608. The average Bonchev–Trinajstić information content (AvgIpc) is 2.53. The molecule has 0 spiro atoms. The van der Waals surface area contributed by atoms with Crippen molar-refractivity contribution < 1.29 is 9.94 Å². The highest BCUT2D eigenvalue weighted by molar-refractivity contribution is 5.45. The molecule has 0 amide bonds. The van der Waals surface area contributed by atoms with Crippen molar-refractivity contribution >= 4 is 0 Å². The van der Waals surface area contributed by atoms with E-state index in [1.54, 1.807) is 13.2 Å². The molecule has 0 saturated heterocycles. The summed E-state index contributed by atoms with van der Waals surface area (Å²) in [5.74, 6) is 0.380. The topological polar surface area (TPSA) is 41.5 Å². The number of benzene rings is 1. The summed E-state index contributed by atoms with van der Waals surface area (Å²) in [7, 11) is 1.60. The minimum absolute atomic E-state index is 0.380. The molecule has 1 aromatic rings. The molecule has 0 unspecified atom stereocenters. The Kier molecular flexibility index (Phi) is 3.80. The lowest BCUT2D eigenvalue weighted by Gasteiger charge is -2.14. The second kappa shape index (κ2) is 5.32. The molecule has 0 aliphatic heterocycles. The minimum Gasteiger partial charge on any atom is -0.508 e. The summed E-state index contributed by atoms with van der Waals surface area (Å²) >= 11 is 0. The van der Waals surface area contributed by atoms with Crippen LogP contribution in [0.1, 0.15) is 36.0 Å². The number of aryl methyl sites for hydroxylation is 1. The van der Waals surface area contributed by atoms with Crippen LogP contribution < -0.4 is 5.48 Å². The Morgan fingerprint density at radius 1 is 1.25 bits per heavy atom. The molecule has 0 radical (unpaired) electrons. The van der Waals surface area contributed by atoms with Gasteiger partial charge in [-0.25, -0.2) is 0 Å². The number of hydroxylamine groups is 1. The third kappa shape index (κ3) is 2.36. The highest BCUT2D eigenvalue weighted by Gasteiger charge is 2.14. The Balaban J connectivity index is 2.32. The molecule has 3 nitrogen and oxygen atoms in total. The Morgan fingerprint density at radius 2 is 2.06 bits per heavy atom. The van der Waals surface area contributed by atoms with E-state index in [-0.39, 0.29) is 0 Å². The molecular weight excluding hydrogens is 202 g/mol. The summed E-state index contributed by atoms with van der Waals surface area (Å²) in [6.45, 7) is 0.575. The van der Waals surface area contributed by atoms with Gasteiger partial charge in [0.1, 0.15) is 5.75 Å². The number of hydrogen-bond acceptors (Lipinski definition) is 3. The Bertz CT molecular complexity index is 363. The first-order valence-electron chi connectivity index (χ1n) is 5.91. The molecule has 0 fully saturated rings. The van der Waals surface area contributed by atoms with E-state index in [0.717, 1.165) is 18.4 Å². The third-order valence-corrected chi connectivity index (χ3v) is 3.27. The highest BCUT2D eigenvalue weighted by Crippen LogP contribution is 2.29. The van der Waals surface area contributed by atoms with Crippen molar-refractivity contribution in [2.75, 3.05) is 7.11 Å². The van der Waals surface area contributed by atoms with Gasteiger partial charge in [0, 0.05) is 12.1 Å². The zero-order chi connectivity index (χ0) is 11.4. The van der Waals surface area contributed by atoms with Gasteiger partial charge in [-0.3, -0.25) is 0 Å². The molecule has 1 aromatic carbocycles. The van der Waals surface area contributed by atoms with Gasteiger partial charge >= 0.3 is 0 Å². The van der Waals surface area contributed by atoms with Crippen LogP contribution in [-0.2, 0) is 24.2 Å². The first-order valence-corrected chi connectivity index (χ1v) is 5.91. The van der Waals surface area contributed by atoms with Crippen molar-refractivity contribution in [2.45, 2.75) is 38.6 Å². The van der Waals surface area contributed by atoms with Gasteiger partial charge in [0.05, 0.1) is 7.11 Å². The van der Waals surface area contributed by atoms with Crippen LogP contribution in [0.5, 0.6) is 5.75 Å². The Labute approximate surface area is 96.4 Å². The summed E-state index contributed by atoms with van der Waals surface area (Å²) < 4.78 is 0. The van der Waals surface area contributed by atoms with Gasteiger partial charge in [-0.1, -0.05) is 12.5 Å². The second-order valence-electron chi connectivity index (χ2n) is 4.29. The molecule has 0 saturated carbocycles. The zero-order valence-electron chi connectivity index (χ0n) is 9.75. The standard InChI is InChI=1S/C13H19NO2/c1-16-14-9-12-11-6-4-2-3-5-10(11)7-8-13(12)15/h7-8,14-15H,2-6,9H2,1H3. The molecule has 0 bridgehead atoms. The maximum atomic E-state index is 9.89. The fourth-order valence-corrected chi connectivity index (χ4v) is 2.41. The van der Waals surface area contributed by atoms with Gasteiger partial charge < -0.3 is 9.94 Å². The third-order valence-electron chi connectivity index (χ3n) is 3.27. The maximum Gasteiger partial charge on any atom is 0.120 e. The first kappa shape index (κ1) is 11.4. The molecule has 16 heavy (non-hydrogen) atoms. The van der Waals surface area contributed by atoms with Crippen molar-refractivity contribution in [3.8, 4) is 5.75 Å². The number of nitrogens with one attached hydrogen (secondary N) is 1. The molecule has 2 N–H and O–H groups in total. The molecular formula is C13H19NO2. The lowest BCUT2D eigenvalue weighted by Crippen LogP contribution is -2.13. The van der Waals surface area contributed by atoms with Crippen LogP contribution in [0.3, 0.4) is 0 Å². The van der Waals surface area contributed by atoms with Crippen molar-refractivity contribution in [3.63, 3.8) is 0 Å². The molecule has 88 valence electrons. The van der Waals surface area contributed by atoms with E-state index in [9.17, 15) is 5.11 Å². The smallest absolute Gasteiger partial charge is 0.120 e. The van der Waals surface area contributed by atoms with E-state index < -0.39 is 0 Å². The molecule has 0 aromatic heterocycles. The second-order valence-corrected chi connectivity index (χ2v) is 4.29. The summed E-state index contributed by atoms with van der Waals surface area (Å²) in [5.41, 5.74) is 6.53. The van der Waals surface area contributed by atoms with E-state index in [1.165, 1.54) is 30.4 Å².